The van der Waals surface area contributed by atoms with Crippen LogP contribution in [0.4, 0.5) is 5.13 Å². The maximum absolute atomic E-state index is 11.0. The summed E-state index contributed by atoms with van der Waals surface area (Å²) in [4.78, 5) is 26.2. The first-order valence-electron chi connectivity index (χ1n) is 4.74. The highest BCUT2D eigenvalue weighted by Crippen LogP contribution is 2.31. The van der Waals surface area contributed by atoms with Gasteiger partial charge in [0.05, 0.1) is 5.69 Å². The minimum absolute atomic E-state index is 0.177. The van der Waals surface area contributed by atoms with Gasteiger partial charge in [-0.05, 0) is 0 Å². The Morgan fingerprint density at radius 1 is 1.38 bits per heavy atom. The van der Waals surface area contributed by atoms with Crippen molar-refractivity contribution in [2.45, 2.75) is 33.1 Å². The van der Waals surface area contributed by atoms with E-state index < -0.39 is 5.97 Å². The van der Waals surface area contributed by atoms with Crippen molar-refractivity contribution in [1.82, 2.24) is 4.98 Å². The summed E-state index contributed by atoms with van der Waals surface area (Å²) in [5, 5.41) is 11.9. The van der Waals surface area contributed by atoms with E-state index in [0.717, 1.165) is 11.3 Å². The van der Waals surface area contributed by atoms with Crippen LogP contribution in [0.5, 0.6) is 0 Å². The quantitative estimate of drug-likeness (QED) is 0.832. The summed E-state index contributed by atoms with van der Waals surface area (Å²) in [7, 11) is 0. The van der Waals surface area contributed by atoms with E-state index >= 15 is 0 Å². The normalized spacial score (nSPS) is 11.2. The molecule has 16 heavy (non-hydrogen) atoms. The van der Waals surface area contributed by atoms with Crippen LogP contribution in [0.3, 0.4) is 0 Å². The summed E-state index contributed by atoms with van der Waals surface area (Å²) in [5.74, 6) is -1.27. The third kappa shape index (κ3) is 2.79. The van der Waals surface area contributed by atoms with Crippen molar-refractivity contribution in [1.29, 1.82) is 0 Å². The summed E-state index contributed by atoms with van der Waals surface area (Å²) < 4.78 is 0. The zero-order valence-electron chi connectivity index (χ0n) is 9.62. The predicted molar refractivity (Wildman–Crippen MR) is 62.1 cm³/mol. The fraction of sp³-hybridized carbons (Fsp3) is 0.500. The van der Waals surface area contributed by atoms with Crippen LogP contribution in [0.1, 0.15) is 43.1 Å². The Morgan fingerprint density at radius 2 is 1.94 bits per heavy atom. The second kappa shape index (κ2) is 4.21. The number of aromatic carboxylic acids is 1. The summed E-state index contributed by atoms with van der Waals surface area (Å²) in [6, 6.07) is 0. The van der Waals surface area contributed by atoms with Gasteiger partial charge in [-0.3, -0.25) is 4.79 Å². The highest BCUT2D eigenvalue weighted by Gasteiger charge is 2.27. The number of thiazole rings is 1. The van der Waals surface area contributed by atoms with E-state index in [1.54, 1.807) is 0 Å². The second-order valence-corrected chi connectivity index (χ2v) is 5.43. The molecule has 6 heteroatoms. The van der Waals surface area contributed by atoms with E-state index in [1.807, 2.05) is 20.8 Å². The Balaban J connectivity index is 3.21. The number of nitrogens with zero attached hydrogens (tertiary/aromatic N) is 1. The predicted octanol–water partition coefficient (Wildman–Crippen LogP) is 2.10. The maximum atomic E-state index is 11.0. The monoisotopic (exact) mass is 242 g/mol. The van der Waals surface area contributed by atoms with Crippen LogP contribution in [0, 0.1) is 0 Å². The van der Waals surface area contributed by atoms with Gasteiger partial charge in [0.25, 0.3) is 0 Å². The van der Waals surface area contributed by atoms with E-state index in [9.17, 15) is 9.59 Å². The fourth-order valence-corrected chi connectivity index (χ4v) is 2.24. The molecule has 0 radical (unpaired) electrons. The molecule has 1 aromatic heterocycles. The van der Waals surface area contributed by atoms with Crippen LogP contribution >= 0.6 is 11.3 Å². The molecule has 0 saturated heterocycles. The lowest BCUT2D eigenvalue weighted by Gasteiger charge is -2.15. The summed E-state index contributed by atoms with van der Waals surface area (Å²) in [6.07, 6.45) is 0. The maximum Gasteiger partial charge on any atom is 0.347 e. The first-order valence-corrected chi connectivity index (χ1v) is 5.55. The first kappa shape index (κ1) is 12.6. The molecule has 0 atom stereocenters. The highest BCUT2D eigenvalue weighted by atomic mass is 32.1. The number of nitrogens with one attached hydrogen (secondary N) is 1. The van der Waals surface area contributed by atoms with Gasteiger partial charge in [0.1, 0.15) is 4.88 Å². The largest absolute Gasteiger partial charge is 0.477 e. The number of carbonyl (C=O) groups is 2. The van der Waals surface area contributed by atoms with E-state index in [0.29, 0.717) is 10.8 Å². The minimum Gasteiger partial charge on any atom is -0.477 e. The van der Waals surface area contributed by atoms with Crippen LogP contribution < -0.4 is 5.32 Å². The average Bonchev–Trinajstić information content (AvgIpc) is 2.45. The van der Waals surface area contributed by atoms with Crippen LogP contribution in [0.15, 0.2) is 0 Å². The third-order valence-corrected chi connectivity index (χ3v) is 2.77. The number of carbonyl (C=O) groups excluding carboxylic acids is 1. The standard InChI is InChI=1S/C10H14N2O3S/c1-5(13)11-9-12-7(10(2,3)4)6(16-9)8(14)15/h1-4H3,(H,14,15)(H,11,12,13). The lowest BCUT2D eigenvalue weighted by Crippen LogP contribution is -2.16. The number of aromatic nitrogens is 1. The topological polar surface area (TPSA) is 79.3 Å². The van der Waals surface area contributed by atoms with Crippen LogP contribution in [-0.4, -0.2) is 22.0 Å². The molecule has 88 valence electrons. The molecule has 0 spiro atoms. The molecule has 2 N–H and O–H groups in total. The summed E-state index contributed by atoms with van der Waals surface area (Å²) >= 11 is 0.980. The van der Waals surface area contributed by atoms with Gasteiger partial charge in [-0.25, -0.2) is 9.78 Å². The molecule has 0 fully saturated rings. The molecule has 1 heterocycles. The fourth-order valence-electron chi connectivity index (χ4n) is 1.18. The number of rotatable bonds is 2. The molecule has 1 rings (SSSR count). The zero-order valence-corrected chi connectivity index (χ0v) is 10.4. The summed E-state index contributed by atoms with van der Waals surface area (Å²) in [5.41, 5.74) is 0.134. The smallest absolute Gasteiger partial charge is 0.347 e. The van der Waals surface area contributed by atoms with Gasteiger partial charge in [-0.2, -0.15) is 0 Å². The van der Waals surface area contributed by atoms with Gasteiger partial charge in [0, 0.05) is 12.3 Å². The molecule has 1 aromatic rings. The van der Waals surface area contributed by atoms with Crippen molar-refractivity contribution >= 4 is 28.3 Å². The number of carboxylic acids is 1. The van der Waals surface area contributed by atoms with Crippen molar-refractivity contribution in [3.8, 4) is 0 Å². The number of carboxylic acid groups (broad SMARTS) is 1. The van der Waals surface area contributed by atoms with Gasteiger partial charge < -0.3 is 10.4 Å². The lowest BCUT2D eigenvalue weighted by molar-refractivity contribution is -0.114. The molecule has 0 unspecified atom stereocenters. The Morgan fingerprint density at radius 3 is 2.25 bits per heavy atom. The molecule has 0 aliphatic rings. The van der Waals surface area contributed by atoms with E-state index in [4.69, 9.17) is 5.11 Å². The zero-order chi connectivity index (χ0) is 12.5. The van der Waals surface area contributed by atoms with E-state index in [1.165, 1.54) is 6.92 Å². The second-order valence-electron chi connectivity index (χ2n) is 4.43. The number of hydrogen-bond donors (Lipinski definition) is 2. The van der Waals surface area contributed by atoms with Crippen LogP contribution in [0.25, 0.3) is 0 Å². The van der Waals surface area contributed by atoms with E-state index in [-0.39, 0.29) is 16.2 Å². The van der Waals surface area contributed by atoms with Crippen molar-refractivity contribution in [3.05, 3.63) is 10.6 Å². The van der Waals surface area contributed by atoms with Crippen molar-refractivity contribution in [3.63, 3.8) is 0 Å². The third-order valence-electron chi connectivity index (χ3n) is 1.81. The van der Waals surface area contributed by atoms with Crippen LogP contribution in [0.2, 0.25) is 0 Å². The van der Waals surface area contributed by atoms with Crippen molar-refractivity contribution < 1.29 is 14.7 Å². The molecule has 0 saturated carbocycles. The van der Waals surface area contributed by atoms with Gasteiger partial charge in [0.15, 0.2) is 5.13 Å². The Bertz CT molecular complexity index is 432. The first-order chi connectivity index (χ1) is 7.21. The molecule has 0 aliphatic heterocycles. The molecule has 1 amide bonds. The molecule has 5 nitrogen and oxygen atoms in total. The van der Waals surface area contributed by atoms with Crippen molar-refractivity contribution in [2.75, 3.05) is 5.32 Å². The van der Waals surface area contributed by atoms with Gasteiger partial charge >= 0.3 is 5.97 Å². The molecular weight excluding hydrogens is 228 g/mol. The Hall–Kier alpha value is -1.43. The molecule has 0 aromatic carbocycles. The van der Waals surface area contributed by atoms with Gasteiger partial charge in [-0.1, -0.05) is 32.1 Å². The number of hydrogen-bond acceptors (Lipinski definition) is 4. The van der Waals surface area contributed by atoms with Crippen molar-refractivity contribution in [2.24, 2.45) is 0 Å². The highest BCUT2D eigenvalue weighted by molar-refractivity contribution is 7.17. The Kier molecular flexibility index (Phi) is 3.32. The minimum atomic E-state index is -1.01. The van der Waals surface area contributed by atoms with E-state index in [2.05, 4.69) is 10.3 Å². The van der Waals surface area contributed by atoms with Gasteiger partial charge in [0.2, 0.25) is 5.91 Å². The number of amides is 1. The molecule has 0 aliphatic carbocycles. The average molecular weight is 242 g/mol. The molecule has 0 bridgehead atoms. The lowest BCUT2D eigenvalue weighted by atomic mass is 9.91. The number of anilines is 1. The Labute approximate surface area is 97.5 Å². The van der Waals surface area contributed by atoms with Crippen LogP contribution in [-0.2, 0) is 10.2 Å². The summed E-state index contributed by atoms with van der Waals surface area (Å²) in [6.45, 7) is 7.00. The molecular formula is C10H14N2O3S. The SMILES string of the molecule is CC(=O)Nc1nc(C(C)(C)C)c(C(=O)O)s1. The van der Waals surface area contributed by atoms with Gasteiger partial charge in [-0.15, -0.1) is 0 Å².